The third-order valence-corrected chi connectivity index (χ3v) is 4.16. The van der Waals surface area contributed by atoms with Crippen LogP contribution in [0, 0.1) is 0 Å². The van der Waals surface area contributed by atoms with Crippen LogP contribution in [0.4, 0.5) is 0 Å². The van der Waals surface area contributed by atoms with Gasteiger partial charge in [0.05, 0.1) is 11.8 Å². The van der Waals surface area contributed by atoms with E-state index in [0.29, 0.717) is 12.4 Å². The molecule has 0 aliphatic rings. The van der Waals surface area contributed by atoms with Gasteiger partial charge in [-0.3, -0.25) is 0 Å². The average molecular weight is 286 g/mol. The van der Waals surface area contributed by atoms with Crippen molar-refractivity contribution >= 4 is 21.4 Å². The minimum atomic E-state index is 0.320. The largest absolute Gasteiger partial charge is 0.506 e. The smallest absolute Gasteiger partial charge is 0.133 e. The van der Waals surface area contributed by atoms with Crippen LogP contribution in [0.15, 0.2) is 47.8 Å². The van der Waals surface area contributed by atoms with Gasteiger partial charge in [-0.1, -0.05) is 18.2 Å². The molecule has 0 radical (unpaired) electrons. The second kappa shape index (κ2) is 5.43. The Kier molecular flexibility index (Phi) is 3.48. The summed E-state index contributed by atoms with van der Waals surface area (Å²) in [5.74, 6) is 1.86. The summed E-state index contributed by atoms with van der Waals surface area (Å²) in [5, 5.41) is 12.8. The summed E-state index contributed by atoms with van der Waals surface area (Å²) >= 11 is 1.53. The van der Waals surface area contributed by atoms with E-state index >= 15 is 0 Å². The number of fused-ring (bicyclic) bond motifs is 1. The lowest BCUT2D eigenvalue weighted by Crippen LogP contribution is -1.94. The van der Waals surface area contributed by atoms with Gasteiger partial charge in [0.15, 0.2) is 0 Å². The molecule has 20 heavy (non-hydrogen) atoms. The van der Waals surface area contributed by atoms with E-state index in [1.165, 1.54) is 11.3 Å². The van der Waals surface area contributed by atoms with Crippen LogP contribution in [0.2, 0.25) is 0 Å². The number of ether oxygens (including phenoxy) is 2. The number of hydrogen-bond donors (Lipinski definition) is 1. The van der Waals surface area contributed by atoms with Gasteiger partial charge >= 0.3 is 0 Å². The lowest BCUT2D eigenvalue weighted by molar-refractivity contribution is 0.305. The summed E-state index contributed by atoms with van der Waals surface area (Å²) < 4.78 is 11.9. The van der Waals surface area contributed by atoms with Crippen LogP contribution in [-0.2, 0) is 6.61 Å². The minimum absolute atomic E-state index is 0.320. The monoisotopic (exact) mass is 286 g/mol. The topological polar surface area (TPSA) is 38.7 Å². The fourth-order valence-electron chi connectivity index (χ4n) is 2.06. The summed E-state index contributed by atoms with van der Waals surface area (Å²) in [5.41, 5.74) is 1.07. The summed E-state index contributed by atoms with van der Waals surface area (Å²) in [6, 6.07) is 13.1. The van der Waals surface area contributed by atoms with Gasteiger partial charge in [-0.05, 0) is 23.6 Å². The molecule has 0 atom stereocenters. The SMILES string of the molecule is COc1cccc(OCc2csc3c(O)cccc23)c1. The van der Waals surface area contributed by atoms with Crippen LogP contribution in [-0.4, -0.2) is 12.2 Å². The van der Waals surface area contributed by atoms with E-state index in [1.807, 2.05) is 41.8 Å². The second-order valence-corrected chi connectivity index (χ2v) is 5.26. The van der Waals surface area contributed by atoms with Crippen molar-refractivity contribution in [1.82, 2.24) is 0 Å². The Bertz CT molecular complexity index is 733. The highest BCUT2D eigenvalue weighted by atomic mass is 32.1. The van der Waals surface area contributed by atoms with Crippen LogP contribution in [0.3, 0.4) is 0 Å². The molecule has 102 valence electrons. The zero-order chi connectivity index (χ0) is 13.9. The molecular weight excluding hydrogens is 272 g/mol. The maximum Gasteiger partial charge on any atom is 0.133 e. The highest BCUT2D eigenvalue weighted by Gasteiger charge is 2.08. The normalized spacial score (nSPS) is 10.7. The van der Waals surface area contributed by atoms with Crippen molar-refractivity contribution in [1.29, 1.82) is 0 Å². The first-order chi connectivity index (χ1) is 9.78. The third kappa shape index (κ3) is 2.42. The van der Waals surface area contributed by atoms with Gasteiger partial charge in [-0.15, -0.1) is 11.3 Å². The molecule has 0 saturated carbocycles. The van der Waals surface area contributed by atoms with Gasteiger partial charge in [-0.25, -0.2) is 0 Å². The van der Waals surface area contributed by atoms with Crippen molar-refractivity contribution in [2.75, 3.05) is 7.11 Å². The number of thiophene rings is 1. The number of methoxy groups -OCH3 is 1. The van der Waals surface area contributed by atoms with Gasteiger partial charge in [0.25, 0.3) is 0 Å². The maximum atomic E-state index is 9.79. The van der Waals surface area contributed by atoms with Crippen molar-refractivity contribution < 1.29 is 14.6 Å². The first-order valence-electron chi connectivity index (χ1n) is 6.23. The molecular formula is C16H14O3S. The number of aromatic hydroxyl groups is 1. The molecule has 0 amide bonds. The van der Waals surface area contributed by atoms with Crippen molar-refractivity contribution in [2.45, 2.75) is 6.61 Å². The number of phenolic OH excluding ortho intramolecular Hbond substituents is 1. The number of hydrogen-bond acceptors (Lipinski definition) is 4. The van der Waals surface area contributed by atoms with Gasteiger partial charge < -0.3 is 14.6 Å². The van der Waals surface area contributed by atoms with E-state index in [-0.39, 0.29) is 0 Å². The fourth-order valence-corrected chi connectivity index (χ4v) is 3.03. The molecule has 1 N–H and O–H groups in total. The van der Waals surface area contributed by atoms with E-state index in [9.17, 15) is 5.11 Å². The van der Waals surface area contributed by atoms with Gasteiger partial charge in [0.1, 0.15) is 23.9 Å². The van der Waals surface area contributed by atoms with Crippen molar-refractivity contribution in [3.05, 3.63) is 53.4 Å². The minimum Gasteiger partial charge on any atom is -0.506 e. The molecule has 0 fully saturated rings. The Hall–Kier alpha value is -2.20. The molecule has 3 nitrogen and oxygen atoms in total. The average Bonchev–Trinajstić information content (AvgIpc) is 2.90. The zero-order valence-electron chi connectivity index (χ0n) is 11.0. The van der Waals surface area contributed by atoms with E-state index in [0.717, 1.165) is 27.1 Å². The molecule has 0 spiro atoms. The molecule has 0 aliphatic carbocycles. The van der Waals surface area contributed by atoms with Gasteiger partial charge in [0.2, 0.25) is 0 Å². The van der Waals surface area contributed by atoms with Gasteiger partial charge in [0, 0.05) is 17.0 Å². The van der Waals surface area contributed by atoms with E-state index in [2.05, 4.69) is 0 Å². The Balaban J connectivity index is 1.81. The van der Waals surface area contributed by atoms with Crippen molar-refractivity contribution in [2.24, 2.45) is 0 Å². The third-order valence-electron chi connectivity index (χ3n) is 3.09. The quantitative estimate of drug-likeness (QED) is 0.781. The van der Waals surface area contributed by atoms with Gasteiger partial charge in [-0.2, -0.15) is 0 Å². The predicted octanol–water partition coefficient (Wildman–Crippen LogP) is 4.19. The summed E-state index contributed by atoms with van der Waals surface area (Å²) in [6.07, 6.45) is 0. The first kappa shape index (κ1) is 12.8. The van der Waals surface area contributed by atoms with Crippen LogP contribution in [0.1, 0.15) is 5.56 Å². The zero-order valence-corrected chi connectivity index (χ0v) is 11.8. The number of benzene rings is 2. The van der Waals surface area contributed by atoms with Crippen LogP contribution in [0.5, 0.6) is 17.2 Å². The van der Waals surface area contributed by atoms with Crippen LogP contribution < -0.4 is 9.47 Å². The Morgan fingerprint density at radius 1 is 1.10 bits per heavy atom. The number of phenols is 1. The molecule has 4 heteroatoms. The standard InChI is InChI=1S/C16H14O3S/c1-18-12-4-2-5-13(8-12)19-9-11-10-20-16-14(11)6-3-7-15(16)17/h2-8,10,17H,9H2,1H3. The van der Waals surface area contributed by atoms with Crippen molar-refractivity contribution in [3.8, 4) is 17.2 Å². The molecule has 3 rings (SSSR count). The molecule has 0 saturated heterocycles. The fraction of sp³-hybridized carbons (Fsp3) is 0.125. The Morgan fingerprint density at radius 2 is 1.90 bits per heavy atom. The Morgan fingerprint density at radius 3 is 2.75 bits per heavy atom. The predicted molar refractivity (Wildman–Crippen MR) is 80.8 cm³/mol. The lowest BCUT2D eigenvalue weighted by Gasteiger charge is -2.07. The molecule has 2 aromatic carbocycles. The molecule has 0 unspecified atom stereocenters. The molecule has 3 aromatic rings. The molecule has 0 aliphatic heterocycles. The second-order valence-electron chi connectivity index (χ2n) is 4.38. The van der Waals surface area contributed by atoms with E-state index < -0.39 is 0 Å². The van der Waals surface area contributed by atoms with E-state index in [1.54, 1.807) is 13.2 Å². The highest BCUT2D eigenvalue weighted by molar-refractivity contribution is 7.17. The molecule has 0 bridgehead atoms. The Labute approximate surface area is 121 Å². The number of rotatable bonds is 4. The summed E-state index contributed by atoms with van der Waals surface area (Å²) in [7, 11) is 1.63. The lowest BCUT2D eigenvalue weighted by atomic mass is 10.2. The van der Waals surface area contributed by atoms with Crippen LogP contribution >= 0.6 is 11.3 Å². The van der Waals surface area contributed by atoms with Crippen molar-refractivity contribution in [3.63, 3.8) is 0 Å². The summed E-state index contributed by atoms with van der Waals surface area (Å²) in [6.45, 7) is 0.469. The van der Waals surface area contributed by atoms with E-state index in [4.69, 9.17) is 9.47 Å². The molecule has 1 aromatic heterocycles. The maximum absolute atomic E-state index is 9.79. The van der Waals surface area contributed by atoms with Crippen LogP contribution in [0.25, 0.3) is 10.1 Å². The molecule has 1 heterocycles. The summed E-state index contributed by atoms with van der Waals surface area (Å²) in [4.78, 5) is 0. The first-order valence-corrected chi connectivity index (χ1v) is 7.11. The highest BCUT2D eigenvalue weighted by Crippen LogP contribution is 2.33.